The number of hydrogen-bond acceptors (Lipinski definition) is 14. The van der Waals surface area contributed by atoms with Gasteiger partial charge in [0.25, 0.3) is 0 Å². The van der Waals surface area contributed by atoms with Crippen LogP contribution in [0.2, 0.25) is 0 Å². The number of para-hydroxylation sites is 1. The Kier molecular flexibility index (Phi) is 26.3. The minimum Gasteiger partial charge on any atom is -0.493 e. The minimum absolute atomic E-state index is 0.107. The Morgan fingerprint density at radius 1 is 0.470 bits per heavy atom. The third kappa shape index (κ3) is 20.8. The Morgan fingerprint density at radius 3 is 1.34 bits per heavy atom. The van der Waals surface area contributed by atoms with Gasteiger partial charge in [-0.1, -0.05) is 135 Å². The molecule has 0 amide bonds. The number of ketones is 4. The van der Waals surface area contributed by atoms with Gasteiger partial charge in [0, 0.05) is 80.4 Å². The number of carbonyl (C=O) groups excluding carboxylic acids is 4. The number of rotatable bonds is 28. The summed E-state index contributed by atoms with van der Waals surface area (Å²) in [5.41, 5.74) is 15.6. The van der Waals surface area contributed by atoms with E-state index in [4.69, 9.17) is 9.47 Å². The molecular weight excluding hydrogens is 1300 g/mol. The second-order valence-electron chi connectivity index (χ2n) is 25.7. The third-order valence-corrected chi connectivity index (χ3v) is 21.2. The monoisotopic (exact) mass is 1390 g/mol. The predicted molar refractivity (Wildman–Crippen MR) is 415 cm³/mol. The standard InChI is InChI=1S/C29H29NO4S.C29H29NOS.C28H31NO3S/c1-19(31)21-8-4-10-23(17-21)30-24-11-5-9-22(18-24)27-15-16-28(35-27)25(32)14-13-20-7-6-12-26(33-2)29(20)34-3;1-20(2)23-9-5-11-25(18-23)30-26-12-6-10-24(19-26)28-15-16-29(32-28)27(31)14-13-22-8-4-7-21(3)17-22;1-19(30)21-9-4-11-23(17-21)29-24-12-5-10-22(18-24)27-15-16-28(33-27)26(32)13-3-2-7-20-8-6-14-25(20)31/h4-12,15-19,30-31H,13-14H2,1-3H3;4-12,15-20,30H,13-14H2,1-3H3;4-5,9-12,15-20,29-30H,2-3,6-8,13-14H2,1H3. The van der Waals surface area contributed by atoms with Gasteiger partial charge in [0.15, 0.2) is 28.8 Å². The van der Waals surface area contributed by atoms with Gasteiger partial charge in [0.2, 0.25) is 0 Å². The van der Waals surface area contributed by atoms with Crippen molar-refractivity contribution < 1.29 is 38.9 Å². The maximum absolute atomic E-state index is 12.9. The highest BCUT2D eigenvalue weighted by molar-refractivity contribution is 7.18. The molecule has 100 heavy (non-hydrogen) atoms. The van der Waals surface area contributed by atoms with Crippen molar-refractivity contribution in [1.82, 2.24) is 0 Å². The van der Waals surface area contributed by atoms with Crippen LogP contribution in [-0.2, 0) is 17.6 Å². The number of unbranched alkanes of at least 4 members (excludes halogenated alkanes) is 1. The number of carbonyl (C=O) groups is 4. The molecule has 5 N–H and O–H groups in total. The number of thiophene rings is 3. The number of nitrogens with one attached hydrogen (secondary N) is 3. The number of aliphatic hydroxyl groups is 2. The van der Waals surface area contributed by atoms with Gasteiger partial charge >= 0.3 is 0 Å². The molecule has 0 radical (unpaired) electrons. The van der Waals surface area contributed by atoms with Crippen molar-refractivity contribution in [2.45, 2.75) is 123 Å². The summed E-state index contributed by atoms with van der Waals surface area (Å²) in [6.07, 6.45) is 7.34. The van der Waals surface area contributed by atoms with Crippen molar-refractivity contribution >= 4 is 91.3 Å². The van der Waals surface area contributed by atoms with Gasteiger partial charge in [-0.25, -0.2) is 0 Å². The van der Waals surface area contributed by atoms with Gasteiger partial charge in [0.1, 0.15) is 5.78 Å². The first-order valence-corrected chi connectivity index (χ1v) is 36.9. The molecule has 11 aromatic rings. The lowest BCUT2D eigenvalue weighted by atomic mass is 9.98. The molecule has 1 aliphatic carbocycles. The maximum Gasteiger partial charge on any atom is 0.173 e. The summed E-state index contributed by atoms with van der Waals surface area (Å²) in [5, 5.41) is 30.0. The Morgan fingerprint density at radius 2 is 0.900 bits per heavy atom. The van der Waals surface area contributed by atoms with Crippen LogP contribution in [0.25, 0.3) is 31.3 Å². The van der Waals surface area contributed by atoms with Crippen molar-refractivity contribution in [3.8, 4) is 42.8 Å². The molecule has 0 spiro atoms. The zero-order chi connectivity index (χ0) is 70.5. The van der Waals surface area contributed by atoms with E-state index in [1.807, 2.05) is 127 Å². The van der Waals surface area contributed by atoms with Crippen LogP contribution in [0.5, 0.6) is 11.5 Å². The smallest absolute Gasteiger partial charge is 0.173 e. The summed E-state index contributed by atoms with van der Waals surface area (Å²) < 4.78 is 10.8. The van der Waals surface area contributed by atoms with Gasteiger partial charge in [-0.05, 0) is 225 Å². The summed E-state index contributed by atoms with van der Waals surface area (Å²) in [4.78, 5) is 55.6. The molecule has 1 saturated carbocycles. The highest BCUT2D eigenvalue weighted by Gasteiger charge is 2.24. The fourth-order valence-electron chi connectivity index (χ4n) is 12.2. The second-order valence-corrected chi connectivity index (χ2v) is 29.0. The molecule has 3 atom stereocenters. The van der Waals surface area contributed by atoms with Crippen LogP contribution in [0.3, 0.4) is 0 Å². The zero-order valence-corrected chi connectivity index (χ0v) is 60.5. The normalized spacial score (nSPS) is 13.1. The molecule has 11 nitrogen and oxygen atoms in total. The van der Waals surface area contributed by atoms with Crippen LogP contribution in [0.1, 0.15) is 166 Å². The van der Waals surface area contributed by atoms with Crippen molar-refractivity contribution in [3.63, 3.8) is 0 Å². The summed E-state index contributed by atoms with van der Waals surface area (Å²) in [6.45, 7) is 10.0. The lowest BCUT2D eigenvalue weighted by Crippen LogP contribution is -2.06. The van der Waals surface area contributed by atoms with Crippen molar-refractivity contribution in [2.24, 2.45) is 5.92 Å². The van der Waals surface area contributed by atoms with Crippen LogP contribution in [0, 0.1) is 12.8 Å². The molecule has 14 heteroatoms. The van der Waals surface area contributed by atoms with Gasteiger partial charge in [-0.2, -0.15) is 0 Å². The van der Waals surface area contributed by atoms with Gasteiger partial charge < -0.3 is 35.6 Å². The van der Waals surface area contributed by atoms with Crippen molar-refractivity contribution in [3.05, 3.63) is 272 Å². The molecule has 3 heterocycles. The fraction of sp³-hybridized carbons (Fsp3) is 0.256. The summed E-state index contributed by atoms with van der Waals surface area (Å²) >= 11 is 4.61. The van der Waals surface area contributed by atoms with Gasteiger partial charge in [0.05, 0.1) is 41.1 Å². The van der Waals surface area contributed by atoms with E-state index in [2.05, 4.69) is 134 Å². The highest BCUT2D eigenvalue weighted by atomic mass is 32.1. The lowest BCUT2D eigenvalue weighted by Gasteiger charge is -2.12. The van der Waals surface area contributed by atoms with E-state index in [-0.39, 0.29) is 23.3 Å². The molecule has 3 unspecified atom stereocenters. The average molecular weight is 1390 g/mol. The number of Topliss-reactive ketones (excluding diaryl/α,β-unsaturated/α-hetero) is 4. The number of aryl methyl sites for hydroxylation is 3. The third-order valence-electron chi connectivity index (χ3n) is 17.7. The van der Waals surface area contributed by atoms with E-state index in [0.717, 1.165) is 142 Å². The fourth-order valence-corrected chi connectivity index (χ4v) is 15.1. The number of anilines is 6. The van der Waals surface area contributed by atoms with Crippen LogP contribution in [-0.4, -0.2) is 47.6 Å². The van der Waals surface area contributed by atoms with Crippen LogP contribution in [0.15, 0.2) is 224 Å². The molecule has 514 valence electrons. The van der Waals surface area contributed by atoms with Crippen LogP contribution < -0.4 is 25.4 Å². The van der Waals surface area contributed by atoms with E-state index in [0.29, 0.717) is 48.9 Å². The van der Waals surface area contributed by atoms with Crippen molar-refractivity contribution in [2.75, 3.05) is 30.2 Å². The zero-order valence-electron chi connectivity index (χ0n) is 58.0. The Balaban J connectivity index is 0.000000162. The number of benzene rings is 8. The number of aliphatic hydroxyl groups excluding tert-OH is 2. The molecule has 1 fully saturated rings. The number of methoxy groups -OCH3 is 2. The first-order valence-electron chi connectivity index (χ1n) is 34.4. The van der Waals surface area contributed by atoms with E-state index in [1.54, 1.807) is 39.4 Å². The largest absolute Gasteiger partial charge is 0.493 e. The molecule has 0 aliphatic heterocycles. The quantitative estimate of drug-likeness (QED) is 0.0234. The number of hydrogen-bond donors (Lipinski definition) is 5. The lowest BCUT2D eigenvalue weighted by molar-refractivity contribution is -0.120. The molecule has 3 aromatic heterocycles. The van der Waals surface area contributed by atoms with Crippen LogP contribution in [0.4, 0.5) is 34.1 Å². The predicted octanol–water partition coefficient (Wildman–Crippen LogP) is 22.8. The number of ether oxygens (including phenoxy) is 2. The van der Waals surface area contributed by atoms with E-state index in [1.165, 1.54) is 39.4 Å². The first kappa shape index (κ1) is 73.2. The molecule has 12 rings (SSSR count). The highest BCUT2D eigenvalue weighted by Crippen LogP contribution is 2.38. The maximum atomic E-state index is 12.9. The van der Waals surface area contributed by atoms with E-state index < -0.39 is 12.2 Å². The van der Waals surface area contributed by atoms with Crippen LogP contribution >= 0.6 is 34.0 Å². The van der Waals surface area contributed by atoms with Crippen molar-refractivity contribution in [1.29, 1.82) is 0 Å². The average Bonchev–Trinajstić information content (AvgIpc) is 1.48. The van der Waals surface area contributed by atoms with Gasteiger partial charge in [-0.3, -0.25) is 19.2 Å². The summed E-state index contributed by atoms with van der Waals surface area (Å²) in [7, 11) is 3.22. The molecule has 0 saturated heterocycles. The second kappa shape index (κ2) is 36.0. The van der Waals surface area contributed by atoms with E-state index in [9.17, 15) is 29.4 Å². The van der Waals surface area contributed by atoms with E-state index >= 15 is 0 Å². The Hall–Kier alpha value is -9.54. The molecule has 0 bridgehead atoms. The minimum atomic E-state index is -0.518. The molecule has 8 aromatic carbocycles. The molecular formula is C86H89N3O8S3. The Labute approximate surface area is 601 Å². The summed E-state index contributed by atoms with van der Waals surface area (Å²) in [5.74, 6) is 3.00. The summed E-state index contributed by atoms with van der Waals surface area (Å²) in [6, 6.07) is 74.6. The topological polar surface area (TPSA) is 163 Å². The molecule has 1 aliphatic rings. The Bertz CT molecular complexity index is 4560. The van der Waals surface area contributed by atoms with Gasteiger partial charge in [-0.15, -0.1) is 34.0 Å². The SMILES string of the molecule is CC(O)c1cccc(Nc2cccc(-c3ccc(C(=O)CCCCC4CCCC4=O)s3)c2)c1.COc1cccc(CCC(=O)c2ccc(-c3cccc(Nc4cccc(C(C)O)c4)c3)s2)c1OC.Cc1cccc(CCC(=O)c2ccc(-c3cccc(Nc4cccc(C(C)C)c4)c3)s2)c1. The first-order chi connectivity index (χ1) is 48.4.